The van der Waals surface area contributed by atoms with E-state index in [1.54, 1.807) is 11.8 Å². The molecule has 0 bridgehead atoms. The molecule has 0 saturated heterocycles. The number of hydrogen-bond acceptors (Lipinski definition) is 2. The largest absolute Gasteiger partial charge is 0.298 e. The Morgan fingerprint density at radius 2 is 2.07 bits per heavy atom. The summed E-state index contributed by atoms with van der Waals surface area (Å²) in [7, 11) is 0. The van der Waals surface area contributed by atoms with Crippen molar-refractivity contribution < 1.29 is 4.79 Å². The molecule has 0 fully saturated rings. The Balaban J connectivity index is 2.20. The maximum absolute atomic E-state index is 10.8. The Bertz CT molecular complexity index is 418. The molecule has 1 aromatic rings. The Kier molecular flexibility index (Phi) is 3.41. The summed E-state index contributed by atoms with van der Waals surface area (Å²) in [5, 5.41) is 0. The maximum atomic E-state index is 10.8. The summed E-state index contributed by atoms with van der Waals surface area (Å²) in [6.07, 6.45) is 9.64. The topological polar surface area (TPSA) is 17.1 Å². The molecule has 1 aliphatic carbocycles. The van der Waals surface area contributed by atoms with Crippen molar-refractivity contribution in [3.8, 4) is 0 Å². The van der Waals surface area contributed by atoms with E-state index in [0.717, 1.165) is 29.6 Å². The SMILES string of the molecule is O=Cc1ccccc1SC1=CCCC=C1. The van der Waals surface area contributed by atoms with Crippen LogP contribution in [-0.4, -0.2) is 6.29 Å². The minimum absolute atomic E-state index is 0.766. The molecule has 2 rings (SSSR count). The Morgan fingerprint density at radius 1 is 1.20 bits per heavy atom. The van der Waals surface area contributed by atoms with Gasteiger partial charge >= 0.3 is 0 Å². The van der Waals surface area contributed by atoms with E-state index in [0.29, 0.717) is 0 Å². The lowest BCUT2D eigenvalue weighted by molar-refractivity contribution is 0.112. The van der Waals surface area contributed by atoms with Crippen LogP contribution in [0.3, 0.4) is 0 Å². The first kappa shape index (κ1) is 10.2. The van der Waals surface area contributed by atoms with Crippen molar-refractivity contribution in [3.63, 3.8) is 0 Å². The van der Waals surface area contributed by atoms with Gasteiger partial charge in [-0.15, -0.1) is 0 Å². The number of aldehydes is 1. The van der Waals surface area contributed by atoms with Crippen LogP contribution < -0.4 is 0 Å². The highest BCUT2D eigenvalue weighted by Crippen LogP contribution is 2.31. The molecule has 0 atom stereocenters. The molecule has 76 valence electrons. The summed E-state index contributed by atoms with van der Waals surface area (Å²) in [5.41, 5.74) is 0.766. The molecule has 1 nitrogen and oxygen atoms in total. The fourth-order valence-electron chi connectivity index (χ4n) is 1.46. The first-order chi connectivity index (χ1) is 7.40. The smallest absolute Gasteiger partial charge is 0.151 e. The Labute approximate surface area is 93.9 Å². The van der Waals surface area contributed by atoms with Gasteiger partial charge in [-0.1, -0.05) is 48.2 Å². The molecule has 0 radical (unpaired) electrons. The normalized spacial score (nSPS) is 14.8. The second kappa shape index (κ2) is 4.99. The van der Waals surface area contributed by atoms with Crippen LogP contribution in [-0.2, 0) is 0 Å². The van der Waals surface area contributed by atoms with Crippen LogP contribution in [0.4, 0.5) is 0 Å². The Morgan fingerprint density at radius 3 is 2.80 bits per heavy atom. The van der Waals surface area contributed by atoms with E-state index in [1.165, 1.54) is 4.91 Å². The van der Waals surface area contributed by atoms with Crippen molar-refractivity contribution >= 4 is 18.0 Å². The van der Waals surface area contributed by atoms with Gasteiger partial charge < -0.3 is 0 Å². The summed E-state index contributed by atoms with van der Waals surface area (Å²) in [4.78, 5) is 13.1. The summed E-state index contributed by atoms with van der Waals surface area (Å²) in [6.45, 7) is 0. The van der Waals surface area contributed by atoms with Gasteiger partial charge in [-0.3, -0.25) is 4.79 Å². The van der Waals surface area contributed by atoms with Gasteiger partial charge in [-0.25, -0.2) is 0 Å². The quantitative estimate of drug-likeness (QED) is 0.714. The summed E-state index contributed by atoms with van der Waals surface area (Å²) >= 11 is 1.66. The predicted octanol–water partition coefficient (Wildman–Crippen LogP) is 3.83. The lowest BCUT2D eigenvalue weighted by atomic mass is 10.2. The second-order valence-corrected chi connectivity index (χ2v) is 4.46. The summed E-state index contributed by atoms with van der Waals surface area (Å²) < 4.78 is 0. The number of carbonyl (C=O) groups is 1. The third kappa shape index (κ3) is 2.60. The highest BCUT2D eigenvalue weighted by Gasteiger charge is 2.04. The van der Waals surface area contributed by atoms with Gasteiger partial charge in [0.1, 0.15) is 0 Å². The molecule has 0 amide bonds. The van der Waals surface area contributed by atoms with E-state index in [9.17, 15) is 4.79 Å². The molecule has 0 unspecified atom stereocenters. The van der Waals surface area contributed by atoms with Gasteiger partial charge in [0, 0.05) is 15.4 Å². The summed E-state index contributed by atoms with van der Waals surface area (Å²) in [6, 6.07) is 7.68. The molecule has 1 aliphatic rings. The third-order valence-electron chi connectivity index (χ3n) is 2.23. The number of carbonyl (C=O) groups excluding carboxylic acids is 1. The number of benzene rings is 1. The van der Waals surface area contributed by atoms with E-state index >= 15 is 0 Å². The molecule has 0 aliphatic heterocycles. The Hall–Kier alpha value is -1.28. The van der Waals surface area contributed by atoms with Crippen LogP contribution >= 0.6 is 11.8 Å². The highest BCUT2D eigenvalue weighted by atomic mass is 32.2. The zero-order chi connectivity index (χ0) is 10.5. The average Bonchev–Trinajstić information content (AvgIpc) is 2.31. The number of hydrogen-bond donors (Lipinski definition) is 0. The van der Waals surface area contributed by atoms with Crippen LogP contribution in [0.2, 0.25) is 0 Å². The molecule has 1 aromatic carbocycles. The van der Waals surface area contributed by atoms with Crippen LogP contribution in [0, 0.1) is 0 Å². The molecular weight excluding hydrogens is 204 g/mol. The maximum Gasteiger partial charge on any atom is 0.151 e. The van der Waals surface area contributed by atoms with Gasteiger partial charge in [0.2, 0.25) is 0 Å². The number of thioether (sulfide) groups is 1. The molecule has 15 heavy (non-hydrogen) atoms. The van der Waals surface area contributed by atoms with Gasteiger partial charge in [0.25, 0.3) is 0 Å². The van der Waals surface area contributed by atoms with Gasteiger partial charge in [0.05, 0.1) is 0 Å². The zero-order valence-electron chi connectivity index (χ0n) is 8.35. The minimum atomic E-state index is 0.766. The average molecular weight is 216 g/mol. The molecule has 0 heterocycles. The molecule has 0 N–H and O–H groups in total. The standard InChI is InChI=1S/C13H12OS/c14-10-11-6-4-5-9-13(11)15-12-7-2-1-3-8-12/h2,4-10H,1,3H2. The fraction of sp³-hybridized carbons (Fsp3) is 0.154. The van der Waals surface area contributed by atoms with Gasteiger partial charge in [-0.05, 0) is 18.9 Å². The number of allylic oxidation sites excluding steroid dienone is 3. The van der Waals surface area contributed by atoms with Crippen LogP contribution in [0.5, 0.6) is 0 Å². The first-order valence-electron chi connectivity index (χ1n) is 4.99. The van der Waals surface area contributed by atoms with Crippen molar-refractivity contribution in [2.24, 2.45) is 0 Å². The van der Waals surface area contributed by atoms with Crippen LogP contribution in [0.25, 0.3) is 0 Å². The predicted molar refractivity (Wildman–Crippen MR) is 64.1 cm³/mol. The molecule has 0 spiro atoms. The van der Waals surface area contributed by atoms with Gasteiger partial charge in [0.15, 0.2) is 6.29 Å². The molecular formula is C13H12OS. The highest BCUT2D eigenvalue weighted by molar-refractivity contribution is 8.03. The van der Waals surface area contributed by atoms with Crippen LogP contribution in [0.15, 0.2) is 52.3 Å². The zero-order valence-corrected chi connectivity index (χ0v) is 9.17. The van der Waals surface area contributed by atoms with E-state index in [4.69, 9.17) is 0 Å². The monoisotopic (exact) mass is 216 g/mol. The van der Waals surface area contributed by atoms with E-state index in [1.807, 2.05) is 24.3 Å². The summed E-state index contributed by atoms with van der Waals surface area (Å²) in [5.74, 6) is 0. The fourth-order valence-corrected chi connectivity index (χ4v) is 2.46. The lowest BCUT2D eigenvalue weighted by Gasteiger charge is -2.07. The van der Waals surface area contributed by atoms with E-state index < -0.39 is 0 Å². The van der Waals surface area contributed by atoms with Crippen molar-refractivity contribution in [1.82, 2.24) is 0 Å². The molecule has 2 heteroatoms. The van der Waals surface area contributed by atoms with Gasteiger partial charge in [-0.2, -0.15) is 0 Å². The minimum Gasteiger partial charge on any atom is -0.298 e. The van der Waals surface area contributed by atoms with E-state index in [2.05, 4.69) is 18.2 Å². The third-order valence-corrected chi connectivity index (χ3v) is 3.36. The van der Waals surface area contributed by atoms with E-state index in [-0.39, 0.29) is 0 Å². The van der Waals surface area contributed by atoms with Crippen molar-refractivity contribution in [1.29, 1.82) is 0 Å². The van der Waals surface area contributed by atoms with Crippen LogP contribution in [0.1, 0.15) is 23.2 Å². The molecule has 0 aromatic heterocycles. The lowest BCUT2D eigenvalue weighted by Crippen LogP contribution is -1.86. The number of rotatable bonds is 3. The van der Waals surface area contributed by atoms with Crippen molar-refractivity contribution in [2.45, 2.75) is 17.7 Å². The van der Waals surface area contributed by atoms with Crippen molar-refractivity contribution in [2.75, 3.05) is 0 Å². The molecule has 0 saturated carbocycles. The van der Waals surface area contributed by atoms with Crippen molar-refractivity contribution in [3.05, 3.63) is 53.0 Å². The second-order valence-electron chi connectivity index (χ2n) is 3.34. The first-order valence-corrected chi connectivity index (χ1v) is 5.80.